The molecule has 0 amide bonds. The molecule has 7 heteroatoms. The molecule has 0 bridgehead atoms. The number of carbonyl (C=O) groups is 1. The SMILES string of the molecule is O=C(O)[C@H]1CC[C@H](COP(=O)(OCc2ccccc2)OCc2ccccc2)CC1. The van der Waals surface area contributed by atoms with Gasteiger partial charge in [0.25, 0.3) is 0 Å². The van der Waals surface area contributed by atoms with E-state index in [2.05, 4.69) is 0 Å². The molecule has 2 aromatic carbocycles. The van der Waals surface area contributed by atoms with Crippen LogP contribution in [-0.4, -0.2) is 17.7 Å². The molecule has 6 nitrogen and oxygen atoms in total. The van der Waals surface area contributed by atoms with Crippen LogP contribution in [0.4, 0.5) is 0 Å². The predicted octanol–water partition coefficient (Wildman–Crippen LogP) is 5.44. The van der Waals surface area contributed by atoms with Gasteiger partial charge in [-0.25, -0.2) is 4.57 Å². The van der Waals surface area contributed by atoms with Gasteiger partial charge in [-0.3, -0.25) is 18.4 Å². The molecule has 1 aliphatic carbocycles. The maximum Gasteiger partial charge on any atom is 0.475 e. The number of rotatable bonds is 10. The molecule has 1 fully saturated rings. The molecule has 2 aromatic rings. The number of benzene rings is 2. The molecule has 29 heavy (non-hydrogen) atoms. The molecule has 1 saturated carbocycles. The van der Waals surface area contributed by atoms with Crippen molar-refractivity contribution < 1.29 is 28.0 Å². The highest BCUT2D eigenvalue weighted by Gasteiger charge is 2.31. The fraction of sp³-hybridized carbons (Fsp3) is 0.409. The average Bonchev–Trinajstić information content (AvgIpc) is 2.77. The highest BCUT2D eigenvalue weighted by molar-refractivity contribution is 7.48. The minimum absolute atomic E-state index is 0.124. The molecule has 3 rings (SSSR count). The monoisotopic (exact) mass is 418 g/mol. The Balaban J connectivity index is 1.57. The predicted molar refractivity (Wildman–Crippen MR) is 109 cm³/mol. The standard InChI is InChI=1S/C22H27O6P/c23-22(24)21-13-11-20(12-14-21)17-28-29(25,26-15-18-7-3-1-4-8-18)27-16-19-9-5-2-6-10-19/h1-10,20-21H,11-17H2,(H,23,24)/t20-,21-. The van der Waals surface area contributed by atoms with Crippen molar-refractivity contribution in [2.75, 3.05) is 6.61 Å². The molecule has 0 saturated heterocycles. The van der Waals surface area contributed by atoms with Crippen LogP contribution >= 0.6 is 7.82 Å². The topological polar surface area (TPSA) is 82.1 Å². The number of hydrogen-bond donors (Lipinski definition) is 1. The minimum atomic E-state index is -3.77. The van der Waals surface area contributed by atoms with E-state index < -0.39 is 13.8 Å². The van der Waals surface area contributed by atoms with E-state index in [1.807, 2.05) is 60.7 Å². The molecule has 0 spiro atoms. The van der Waals surface area contributed by atoms with Crippen molar-refractivity contribution in [3.05, 3.63) is 71.8 Å². The first-order chi connectivity index (χ1) is 14.0. The number of phosphoric ester groups is 1. The fourth-order valence-corrected chi connectivity index (χ4v) is 4.57. The van der Waals surface area contributed by atoms with Crippen LogP contribution in [-0.2, 0) is 36.1 Å². The zero-order chi connectivity index (χ0) is 20.5. The van der Waals surface area contributed by atoms with E-state index in [-0.39, 0.29) is 31.7 Å². The highest BCUT2D eigenvalue weighted by Crippen LogP contribution is 2.51. The number of aliphatic carboxylic acids is 1. The lowest BCUT2D eigenvalue weighted by Crippen LogP contribution is -2.23. The smallest absolute Gasteiger partial charge is 0.475 e. The van der Waals surface area contributed by atoms with Gasteiger partial charge in [-0.05, 0) is 42.7 Å². The number of hydrogen-bond acceptors (Lipinski definition) is 5. The second-order valence-electron chi connectivity index (χ2n) is 7.32. The summed E-state index contributed by atoms with van der Waals surface area (Å²) >= 11 is 0. The summed E-state index contributed by atoms with van der Waals surface area (Å²) in [7, 11) is -3.77. The Kier molecular flexibility index (Phi) is 8.01. The van der Waals surface area contributed by atoms with Gasteiger partial charge in [-0.2, -0.15) is 0 Å². The summed E-state index contributed by atoms with van der Waals surface area (Å²) in [6.45, 7) is 0.477. The van der Waals surface area contributed by atoms with E-state index in [1.165, 1.54) is 0 Å². The number of carboxylic acid groups (broad SMARTS) is 1. The molecule has 0 radical (unpaired) electrons. The Morgan fingerprint density at radius 3 is 1.76 bits per heavy atom. The van der Waals surface area contributed by atoms with Gasteiger partial charge in [0.2, 0.25) is 0 Å². The Hall–Kier alpha value is -1.98. The maximum atomic E-state index is 13.2. The zero-order valence-electron chi connectivity index (χ0n) is 16.3. The van der Waals surface area contributed by atoms with Gasteiger partial charge >= 0.3 is 13.8 Å². The van der Waals surface area contributed by atoms with Gasteiger partial charge < -0.3 is 5.11 Å². The van der Waals surface area contributed by atoms with Gasteiger partial charge in [0.05, 0.1) is 25.7 Å². The van der Waals surface area contributed by atoms with Gasteiger partial charge in [-0.1, -0.05) is 60.7 Å². The molecule has 0 unspecified atom stereocenters. The van der Waals surface area contributed by atoms with Crippen LogP contribution in [0, 0.1) is 11.8 Å². The van der Waals surface area contributed by atoms with E-state index in [0.717, 1.165) is 24.0 Å². The summed E-state index contributed by atoms with van der Waals surface area (Å²) in [6, 6.07) is 18.9. The van der Waals surface area contributed by atoms with Crippen LogP contribution in [0.1, 0.15) is 36.8 Å². The average molecular weight is 418 g/mol. The van der Waals surface area contributed by atoms with Crippen molar-refractivity contribution in [3.8, 4) is 0 Å². The summed E-state index contributed by atoms with van der Waals surface area (Å²) in [6.07, 6.45) is 2.69. The van der Waals surface area contributed by atoms with Gasteiger partial charge in [-0.15, -0.1) is 0 Å². The molecule has 0 atom stereocenters. The van der Waals surface area contributed by atoms with Gasteiger partial charge in [0, 0.05) is 0 Å². The molecule has 156 valence electrons. The Morgan fingerprint density at radius 2 is 1.31 bits per heavy atom. The molecular weight excluding hydrogens is 391 g/mol. The molecule has 1 N–H and O–H groups in total. The van der Waals surface area contributed by atoms with E-state index in [9.17, 15) is 9.36 Å². The first-order valence-corrected chi connectivity index (χ1v) is 11.3. The lowest BCUT2D eigenvalue weighted by atomic mass is 9.82. The highest BCUT2D eigenvalue weighted by atomic mass is 31.2. The van der Waals surface area contributed by atoms with Crippen molar-refractivity contribution in [3.63, 3.8) is 0 Å². The molecule has 0 heterocycles. The Labute approximate surface area is 171 Å². The summed E-state index contributed by atoms with van der Waals surface area (Å²) in [5.74, 6) is -0.881. The summed E-state index contributed by atoms with van der Waals surface area (Å²) in [4.78, 5) is 11.1. The van der Waals surface area contributed by atoms with Crippen LogP contribution in [0.25, 0.3) is 0 Å². The van der Waals surface area contributed by atoms with Crippen molar-refractivity contribution in [1.82, 2.24) is 0 Å². The lowest BCUT2D eigenvalue weighted by molar-refractivity contribution is -0.143. The third kappa shape index (κ3) is 7.09. The van der Waals surface area contributed by atoms with E-state index in [0.29, 0.717) is 12.8 Å². The van der Waals surface area contributed by atoms with Gasteiger partial charge in [0.1, 0.15) is 0 Å². The maximum absolute atomic E-state index is 13.2. The van der Waals surface area contributed by atoms with E-state index in [1.54, 1.807) is 0 Å². The van der Waals surface area contributed by atoms with Crippen LogP contribution in [0.2, 0.25) is 0 Å². The largest absolute Gasteiger partial charge is 0.481 e. The van der Waals surface area contributed by atoms with Crippen LogP contribution in [0.3, 0.4) is 0 Å². The summed E-state index contributed by atoms with van der Waals surface area (Å²) < 4.78 is 30.1. The van der Waals surface area contributed by atoms with Crippen LogP contribution in [0.15, 0.2) is 60.7 Å². The van der Waals surface area contributed by atoms with E-state index >= 15 is 0 Å². The quantitative estimate of drug-likeness (QED) is 0.518. The Bertz CT molecular complexity index is 755. The third-order valence-electron chi connectivity index (χ3n) is 5.13. The number of carboxylic acids is 1. The molecule has 1 aliphatic rings. The molecule has 0 aliphatic heterocycles. The second-order valence-corrected chi connectivity index (χ2v) is 8.99. The van der Waals surface area contributed by atoms with Crippen molar-refractivity contribution in [2.24, 2.45) is 11.8 Å². The first-order valence-electron chi connectivity index (χ1n) is 9.88. The van der Waals surface area contributed by atoms with E-state index in [4.69, 9.17) is 18.7 Å². The lowest BCUT2D eigenvalue weighted by Gasteiger charge is -2.27. The van der Waals surface area contributed by atoms with Crippen LogP contribution < -0.4 is 0 Å². The van der Waals surface area contributed by atoms with Gasteiger partial charge in [0.15, 0.2) is 0 Å². The first kappa shape index (κ1) is 21.7. The normalized spacial score (nSPS) is 19.7. The fourth-order valence-electron chi connectivity index (χ4n) is 3.34. The molecular formula is C22H27O6P. The summed E-state index contributed by atoms with van der Waals surface area (Å²) in [5.41, 5.74) is 1.75. The van der Waals surface area contributed by atoms with Crippen LogP contribution in [0.5, 0.6) is 0 Å². The zero-order valence-corrected chi connectivity index (χ0v) is 17.2. The van der Waals surface area contributed by atoms with Crippen molar-refractivity contribution >= 4 is 13.8 Å². The van der Waals surface area contributed by atoms with Crippen molar-refractivity contribution in [1.29, 1.82) is 0 Å². The third-order valence-corrected chi connectivity index (χ3v) is 6.48. The second kappa shape index (κ2) is 10.7. The Morgan fingerprint density at radius 1 is 0.828 bits per heavy atom. The number of phosphoric acid groups is 1. The molecule has 0 aromatic heterocycles. The van der Waals surface area contributed by atoms with Crippen molar-refractivity contribution in [2.45, 2.75) is 38.9 Å². The summed E-state index contributed by atoms with van der Waals surface area (Å²) in [5, 5.41) is 9.12. The minimum Gasteiger partial charge on any atom is -0.481 e.